The van der Waals surface area contributed by atoms with Crippen LogP contribution in [0.15, 0.2) is 5.22 Å². The van der Waals surface area contributed by atoms with Gasteiger partial charge in [0.2, 0.25) is 0 Å². The molecule has 2 heterocycles. The van der Waals surface area contributed by atoms with Gasteiger partial charge in [-0.3, -0.25) is 4.90 Å². The van der Waals surface area contributed by atoms with E-state index in [0.29, 0.717) is 0 Å². The van der Waals surface area contributed by atoms with E-state index in [-0.39, 0.29) is 21.5 Å². The van der Waals surface area contributed by atoms with Crippen LogP contribution in [0.4, 0.5) is 4.79 Å². The Morgan fingerprint density at radius 3 is 2.93 bits per heavy atom. The normalized spacial score (nSPS) is 35.7. The summed E-state index contributed by atoms with van der Waals surface area (Å²) in [6.45, 7) is 0.728. The SMILES string of the molecule is [N-]=[N+]=NN1C(=O)N2CC1C1(CC1)CC2I. The van der Waals surface area contributed by atoms with Crippen molar-refractivity contribution in [3.63, 3.8) is 0 Å². The molecule has 2 bridgehead atoms. The highest BCUT2D eigenvalue weighted by atomic mass is 127. The van der Waals surface area contributed by atoms with Crippen molar-refractivity contribution < 1.29 is 4.79 Å². The largest absolute Gasteiger partial charge is 0.415 e. The molecule has 2 atom stereocenters. The molecule has 2 aliphatic heterocycles. The number of piperidine rings is 1. The quantitative estimate of drug-likeness (QED) is 0.182. The molecule has 15 heavy (non-hydrogen) atoms. The van der Waals surface area contributed by atoms with E-state index < -0.39 is 0 Å². The Labute approximate surface area is 100 Å². The van der Waals surface area contributed by atoms with Crippen molar-refractivity contribution in [1.29, 1.82) is 0 Å². The number of hydrogen-bond acceptors (Lipinski definition) is 2. The number of alkyl halides is 1. The molecule has 1 aliphatic carbocycles. The van der Waals surface area contributed by atoms with Crippen LogP contribution in [-0.4, -0.2) is 32.6 Å². The van der Waals surface area contributed by atoms with Crippen LogP contribution in [0.25, 0.3) is 10.4 Å². The van der Waals surface area contributed by atoms with Gasteiger partial charge in [0.05, 0.1) is 10.6 Å². The highest BCUT2D eigenvalue weighted by Gasteiger charge is 2.64. The Kier molecular flexibility index (Phi) is 1.85. The van der Waals surface area contributed by atoms with E-state index in [2.05, 4.69) is 32.7 Å². The van der Waals surface area contributed by atoms with Crippen LogP contribution in [0.5, 0.6) is 0 Å². The van der Waals surface area contributed by atoms with Gasteiger partial charge in [-0.1, -0.05) is 22.6 Å². The third kappa shape index (κ3) is 1.16. The van der Waals surface area contributed by atoms with Gasteiger partial charge in [0.1, 0.15) is 6.04 Å². The van der Waals surface area contributed by atoms with Crippen molar-refractivity contribution in [2.45, 2.75) is 29.4 Å². The summed E-state index contributed by atoms with van der Waals surface area (Å²) < 4.78 is 0.257. The monoisotopic (exact) mass is 319 g/mol. The van der Waals surface area contributed by atoms with Crippen molar-refractivity contribution >= 4 is 28.6 Å². The van der Waals surface area contributed by atoms with Crippen molar-refractivity contribution in [3.05, 3.63) is 10.4 Å². The van der Waals surface area contributed by atoms with E-state index in [0.717, 1.165) is 25.8 Å². The lowest BCUT2D eigenvalue weighted by atomic mass is 9.90. The van der Waals surface area contributed by atoms with E-state index in [4.69, 9.17) is 5.53 Å². The van der Waals surface area contributed by atoms with E-state index in [9.17, 15) is 4.79 Å². The number of urea groups is 1. The van der Waals surface area contributed by atoms with Crippen LogP contribution >= 0.6 is 22.6 Å². The second kappa shape index (κ2) is 2.91. The summed E-state index contributed by atoms with van der Waals surface area (Å²) >= 11 is 2.31. The molecule has 7 heteroatoms. The standard InChI is InChI=1S/C8H10IN5O/c9-6-3-8(1-2-8)5-4-13(6)7(15)14(5)12-11-10/h5-6H,1-4H2. The highest BCUT2D eigenvalue weighted by Crippen LogP contribution is 2.59. The third-order valence-corrected chi connectivity index (χ3v) is 4.87. The van der Waals surface area contributed by atoms with Crippen LogP contribution in [0.2, 0.25) is 0 Å². The van der Waals surface area contributed by atoms with E-state index in [1.54, 1.807) is 0 Å². The second-order valence-electron chi connectivity index (χ2n) is 4.48. The highest BCUT2D eigenvalue weighted by molar-refractivity contribution is 14.1. The lowest BCUT2D eigenvalue weighted by molar-refractivity contribution is 0.174. The molecule has 6 nitrogen and oxygen atoms in total. The maximum Gasteiger partial charge on any atom is 0.415 e. The van der Waals surface area contributed by atoms with Crippen LogP contribution in [0, 0.1) is 5.41 Å². The number of hydrogen-bond donors (Lipinski definition) is 0. The van der Waals surface area contributed by atoms with Gasteiger partial charge in [-0.05, 0) is 24.5 Å². The number of fused-ring (bicyclic) bond motifs is 3. The molecule has 3 rings (SSSR count). The minimum absolute atomic E-state index is 0.118. The molecule has 2 amide bonds. The van der Waals surface area contributed by atoms with Gasteiger partial charge in [-0.25, -0.2) is 4.79 Å². The molecule has 0 aromatic rings. The molecule has 2 unspecified atom stereocenters. The maximum absolute atomic E-state index is 11.9. The van der Waals surface area contributed by atoms with Gasteiger partial charge in [0.25, 0.3) is 0 Å². The number of halogens is 1. The van der Waals surface area contributed by atoms with E-state index in [1.807, 2.05) is 4.90 Å². The van der Waals surface area contributed by atoms with Gasteiger partial charge in [-0.2, -0.15) is 9.92 Å². The fourth-order valence-electron chi connectivity index (χ4n) is 2.72. The fraction of sp³-hybridized carbons (Fsp3) is 0.875. The molecule has 2 saturated heterocycles. The van der Waals surface area contributed by atoms with Crippen molar-refractivity contribution in [3.8, 4) is 0 Å². The Bertz CT molecular complexity index is 375. The van der Waals surface area contributed by atoms with Gasteiger partial charge in [0, 0.05) is 5.41 Å². The minimum Gasteiger partial charge on any atom is -0.288 e. The molecular formula is C8H10IN5O. The predicted molar refractivity (Wildman–Crippen MR) is 61.0 cm³/mol. The topological polar surface area (TPSA) is 72.3 Å². The molecule has 1 saturated carbocycles. The zero-order chi connectivity index (χ0) is 10.6. The Hall–Kier alpha value is -0.690. The lowest BCUT2D eigenvalue weighted by Crippen LogP contribution is -2.42. The number of rotatable bonds is 1. The first-order chi connectivity index (χ1) is 7.18. The first kappa shape index (κ1) is 9.53. The molecule has 0 aromatic heterocycles. The van der Waals surface area contributed by atoms with E-state index >= 15 is 0 Å². The van der Waals surface area contributed by atoms with Crippen LogP contribution in [0.1, 0.15) is 19.3 Å². The van der Waals surface area contributed by atoms with Crippen molar-refractivity contribution in [2.75, 3.05) is 6.54 Å². The minimum atomic E-state index is -0.124. The first-order valence-electron chi connectivity index (χ1n) is 4.97. The van der Waals surface area contributed by atoms with Gasteiger partial charge >= 0.3 is 6.03 Å². The molecule has 3 aliphatic rings. The van der Waals surface area contributed by atoms with Crippen LogP contribution < -0.4 is 0 Å². The zero-order valence-electron chi connectivity index (χ0n) is 8.01. The Morgan fingerprint density at radius 2 is 2.33 bits per heavy atom. The molecule has 80 valence electrons. The number of amides is 2. The summed E-state index contributed by atoms with van der Waals surface area (Å²) in [4.78, 5) is 16.4. The third-order valence-electron chi connectivity index (χ3n) is 3.76. The van der Waals surface area contributed by atoms with Gasteiger partial charge in [0.15, 0.2) is 0 Å². The van der Waals surface area contributed by atoms with Crippen LogP contribution in [0.3, 0.4) is 0 Å². The molecule has 0 N–H and O–H groups in total. The number of carbonyl (C=O) groups excluding carboxylic acids is 1. The first-order valence-corrected chi connectivity index (χ1v) is 6.21. The molecule has 1 spiro atoms. The molecule has 0 radical (unpaired) electrons. The fourth-order valence-corrected chi connectivity index (χ4v) is 4.06. The smallest absolute Gasteiger partial charge is 0.288 e. The summed E-state index contributed by atoms with van der Waals surface area (Å²) in [5, 5.41) is 4.89. The molecular weight excluding hydrogens is 309 g/mol. The average molecular weight is 319 g/mol. The zero-order valence-corrected chi connectivity index (χ0v) is 10.2. The summed E-state index contributed by atoms with van der Waals surface area (Å²) in [5.41, 5.74) is 8.72. The lowest BCUT2D eigenvalue weighted by Gasteiger charge is -2.31. The number of carbonyl (C=O) groups is 1. The number of nitrogens with zero attached hydrogens (tertiary/aromatic N) is 5. The number of azide groups is 1. The Morgan fingerprint density at radius 1 is 1.60 bits per heavy atom. The summed E-state index contributed by atoms with van der Waals surface area (Å²) in [6, 6.07) is -0.00658. The van der Waals surface area contributed by atoms with Gasteiger partial charge < -0.3 is 0 Å². The molecule has 3 fully saturated rings. The van der Waals surface area contributed by atoms with Crippen LogP contribution in [-0.2, 0) is 0 Å². The second-order valence-corrected chi connectivity index (χ2v) is 5.91. The predicted octanol–water partition coefficient (Wildman–Crippen LogP) is 2.26. The maximum atomic E-state index is 11.9. The molecule has 0 aromatic carbocycles. The summed E-state index contributed by atoms with van der Waals surface area (Å²) in [6.07, 6.45) is 3.37. The van der Waals surface area contributed by atoms with E-state index in [1.165, 1.54) is 5.01 Å². The van der Waals surface area contributed by atoms with Gasteiger partial charge in [-0.15, -0.1) is 5.53 Å². The average Bonchev–Trinajstić information content (AvgIpc) is 2.89. The summed E-state index contributed by atoms with van der Waals surface area (Å²) in [5.74, 6) is 0. The summed E-state index contributed by atoms with van der Waals surface area (Å²) in [7, 11) is 0. The Balaban J connectivity index is 1.99. The van der Waals surface area contributed by atoms with Crippen molar-refractivity contribution in [1.82, 2.24) is 9.91 Å². The van der Waals surface area contributed by atoms with Crippen molar-refractivity contribution in [2.24, 2.45) is 10.6 Å².